The van der Waals surface area contributed by atoms with Crippen LogP contribution in [0.2, 0.25) is 0 Å². The van der Waals surface area contributed by atoms with E-state index in [0.29, 0.717) is 19.8 Å². The number of hydrogen-bond acceptors (Lipinski definition) is 3. The van der Waals surface area contributed by atoms with Crippen LogP contribution in [0.15, 0.2) is 0 Å². The van der Waals surface area contributed by atoms with E-state index in [9.17, 15) is 4.79 Å². The molecule has 1 atom stereocenters. The third-order valence-corrected chi connectivity index (χ3v) is 4.09. The second kappa shape index (κ2) is 6.93. The van der Waals surface area contributed by atoms with Gasteiger partial charge in [-0.3, -0.25) is 4.68 Å². The van der Waals surface area contributed by atoms with Crippen LogP contribution in [0.25, 0.3) is 0 Å². The number of carbonyl (C=O) groups is 1. The number of nitrogens with one attached hydrogen (secondary N) is 1. The maximum absolute atomic E-state index is 12.4. The number of nitrogens with zero attached hydrogens (tertiary/aromatic N) is 3. The van der Waals surface area contributed by atoms with Gasteiger partial charge in [-0.25, -0.2) is 4.79 Å². The molecule has 118 valence electrons. The summed E-state index contributed by atoms with van der Waals surface area (Å²) >= 11 is 0. The molecular formula is C15H26N4O2. The van der Waals surface area contributed by atoms with Crippen molar-refractivity contribution >= 4 is 6.03 Å². The number of unbranched alkanes of at least 4 members (excludes halogenated alkanes) is 1. The Bertz CT molecular complexity index is 498. The first-order chi connectivity index (χ1) is 10.1. The zero-order chi connectivity index (χ0) is 15.4. The van der Waals surface area contributed by atoms with Crippen LogP contribution < -0.4 is 5.32 Å². The molecule has 0 bridgehead atoms. The molecule has 1 N–H and O–H groups in total. The van der Waals surface area contributed by atoms with E-state index < -0.39 is 0 Å². The fourth-order valence-corrected chi connectivity index (χ4v) is 2.83. The Morgan fingerprint density at radius 2 is 2.24 bits per heavy atom. The van der Waals surface area contributed by atoms with Gasteiger partial charge in [0.2, 0.25) is 0 Å². The van der Waals surface area contributed by atoms with Crippen molar-refractivity contribution in [3.8, 4) is 0 Å². The van der Waals surface area contributed by atoms with E-state index in [0.717, 1.165) is 36.3 Å². The average Bonchev–Trinajstić information content (AvgIpc) is 2.72. The van der Waals surface area contributed by atoms with Crippen molar-refractivity contribution in [1.29, 1.82) is 0 Å². The van der Waals surface area contributed by atoms with E-state index in [4.69, 9.17) is 4.74 Å². The van der Waals surface area contributed by atoms with E-state index in [-0.39, 0.29) is 12.1 Å². The van der Waals surface area contributed by atoms with Crippen LogP contribution in [0.3, 0.4) is 0 Å². The lowest BCUT2D eigenvalue weighted by Crippen LogP contribution is -2.48. The minimum atomic E-state index is -0.0472. The fourth-order valence-electron chi connectivity index (χ4n) is 2.83. The van der Waals surface area contributed by atoms with E-state index in [1.807, 2.05) is 30.5 Å². The normalized spacial score (nSPS) is 18.9. The summed E-state index contributed by atoms with van der Waals surface area (Å²) in [5.41, 5.74) is 3.18. The van der Waals surface area contributed by atoms with Crippen LogP contribution in [0.5, 0.6) is 0 Å². The summed E-state index contributed by atoms with van der Waals surface area (Å²) in [4.78, 5) is 14.3. The van der Waals surface area contributed by atoms with Crippen LogP contribution in [0.4, 0.5) is 4.79 Å². The average molecular weight is 294 g/mol. The summed E-state index contributed by atoms with van der Waals surface area (Å²) in [5, 5.41) is 7.46. The Morgan fingerprint density at radius 3 is 2.86 bits per heavy atom. The summed E-state index contributed by atoms with van der Waals surface area (Å²) in [6.07, 6.45) is 2.08. The summed E-state index contributed by atoms with van der Waals surface area (Å²) in [6.45, 7) is 8.62. The molecule has 6 nitrogen and oxygen atoms in total. The Labute approximate surface area is 126 Å². The minimum Gasteiger partial charge on any atom is -0.377 e. The molecule has 0 radical (unpaired) electrons. The molecular weight excluding hydrogens is 268 g/mol. The first kappa shape index (κ1) is 15.8. The lowest BCUT2D eigenvalue weighted by Gasteiger charge is -2.36. The number of urea groups is 1. The maximum atomic E-state index is 12.4. The zero-order valence-electron chi connectivity index (χ0n) is 13.5. The number of carbonyl (C=O) groups excluding carboxylic acids is 1. The number of hydrogen-bond donors (Lipinski definition) is 1. The van der Waals surface area contributed by atoms with E-state index in [2.05, 4.69) is 17.3 Å². The van der Waals surface area contributed by atoms with Crippen molar-refractivity contribution in [3.63, 3.8) is 0 Å². The van der Waals surface area contributed by atoms with Gasteiger partial charge in [-0.2, -0.15) is 5.10 Å². The number of ether oxygens (including phenoxy) is 1. The van der Waals surface area contributed by atoms with E-state index in [1.165, 1.54) is 0 Å². The Morgan fingerprint density at radius 1 is 1.48 bits per heavy atom. The fraction of sp³-hybridized carbons (Fsp3) is 0.733. The standard InChI is InChI=1S/C15H26N4O2/c1-5-6-7-16-15(20)19-8-9-21-10-13(19)14-11(2)17-18(4)12(14)3/h13H,5-10H2,1-4H3,(H,16,20)/t13-/m1/s1. The molecule has 1 fully saturated rings. The highest BCUT2D eigenvalue weighted by Gasteiger charge is 2.32. The zero-order valence-corrected chi connectivity index (χ0v) is 13.5. The molecule has 1 aliphatic heterocycles. The van der Waals surface area contributed by atoms with Crippen LogP contribution in [-0.2, 0) is 11.8 Å². The quantitative estimate of drug-likeness (QED) is 0.863. The van der Waals surface area contributed by atoms with Crippen molar-refractivity contribution < 1.29 is 9.53 Å². The topological polar surface area (TPSA) is 59.4 Å². The molecule has 21 heavy (non-hydrogen) atoms. The predicted molar refractivity (Wildman–Crippen MR) is 81.3 cm³/mol. The third kappa shape index (κ3) is 3.37. The van der Waals surface area contributed by atoms with Gasteiger partial charge in [0.05, 0.1) is 24.9 Å². The van der Waals surface area contributed by atoms with Gasteiger partial charge in [0.25, 0.3) is 0 Å². The molecule has 0 saturated carbocycles. The number of amides is 2. The highest BCUT2D eigenvalue weighted by molar-refractivity contribution is 5.75. The summed E-state index contributed by atoms with van der Waals surface area (Å²) < 4.78 is 7.47. The van der Waals surface area contributed by atoms with E-state index >= 15 is 0 Å². The molecule has 0 unspecified atom stereocenters. The molecule has 1 aromatic heterocycles. The molecule has 0 aromatic carbocycles. The summed E-state index contributed by atoms with van der Waals surface area (Å²) in [5.74, 6) is 0. The molecule has 6 heteroatoms. The van der Waals surface area contributed by atoms with Crippen molar-refractivity contribution in [1.82, 2.24) is 20.0 Å². The van der Waals surface area contributed by atoms with Crippen LogP contribution in [0.1, 0.15) is 42.8 Å². The van der Waals surface area contributed by atoms with Gasteiger partial charge >= 0.3 is 6.03 Å². The molecule has 0 aliphatic carbocycles. The summed E-state index contributed by atoms with van der Waals surface area (Å²) in [7, 11) is 1.93. The molecule has 2 rings (SSSR count). The van der Waals surface area contributed by atoms with Gasteiger partial charge in [0, 0.05) is 31.4 Å². The first-order valence-corrected chi connectivity index (χ1v) is 7.68. The minimum absolute atomic E-state index is 0.000553. The molecule has 1 aromatic rings. The van der Waals surface area contributed by atoms with Gasteiger partial charge in [-0.05, 0) is 20.3 Å². The number of rotatable bonds is 4. The Balaban J connectivity index is 2.17. The van der Waals surface area contributed by atoms with Crippen LogP contribution >= 0.6 is 0 Å². The smallest absolute Gasteiger partial charge is 0.318 e. The number of aromatic nitrogens is 2. The van der Waals surface area contributed by atoms with Gasteiger partial charge in [0.1, 0.15) is 0 Å². The van der Waals surface area contributed by atoms with Gasteiger partial charge in [0.15, 0.2) is 0 Å². The van der Waals surface area contributed by atoms with Gasteiger partial charge in [-0.15, -0.1) is 0 Å². The first-order valence-electron chi connectivity index (χ1n) is 7.68. The molecule has 1 saturated heterocycles. The largest absolute Gasteiger partial charge is 0.377 e. The molecule has 2 heterocycles. The second-order valence-corrected chi connectivity index (χ2v) is 5.58. The van der Waals surface area contributed by atoms with Crippen molar-refractivity contribution in [2.24, 2.45) is 7.05 Å². The second-order valence-electron chi connectivity index (χ2n) is 5.58. The molecule has 2 amide bonds. The monoisotopic (exact) mass is 294 g/mol. The highest BCUT2D eigenvalue weighted by atomic mass is 16.5. The van der Waals surface area contributed by atoms with Gasteiger partial charge < -0.3 is 15.0 Å². The number of aryl methyl sites for hydroxylation is 2. The van der Waals surface area contributed by atoms with E-state index in [1.54, 1.807) is 0 Å². The lowest BCUT2D eigenvalue weighted by molar-refractivity contribution is 0.0112. The van der Waals surface area contributed by atoms with Crippen LogP contribution in [-0.4, -0.2) is 47.0 Å². The van der Waals surface area contributed by atoms with Crippen molar-refractivity contribution in [3.05, 3.63) is 17.0 Å². The Hall–Kier alpha value is -1.56. The van der Waals surface area contributed by atoms with Crippen LogP contribution in [0, 0.1) is 13.8 Å². The maximum Gasteiger partial charge on any atom is 0.318 e. The molecule has 0 spiro atoms. The number of morpholine rings is 1. The lowest BCUT2D eigenvalue weighted by atomic mass is 10.0. The SMILES string of the molecule is CCCCNC(=O)N1CCOC[C@@H]1c1c(C)nn(C)c1C. The van der Waals surface area contributed by atoms with Gasteiger partial charge in [-0.1, -0.05) is 13.3 Å². The predicted octanol–water partition coefficient (Wildman–Crippen LogP) is 1.92. The van der Waals surface area contributed by atoms with Crippen molar-refractivity contribution in [2.75, 3.05) is 26.3 Å². The van der Waals surface area contributed by atoms with Crippen molar-refractivity contribution in [2.45, 2.75) is 39.7 Å². The molecule has 1 aliphatic rings. The highest BCUT2D eigenvalue weighted by Crippen LogP contribution is 2.29. The Kier molecular flexibility index (Phi) is 5.22. The summed E-state index contributed by atoms with van der Waals surface area (Å²) in [6, 6.07) is -0.0477. The third-order valence-electron chi connectivity index (χ3n) is 4.09.